The number of nitrogens with one attached hydrogen (secondary N) is 1. The molecule has 4 aromatic rings. The zero-order valence-corrected chi connectivity index (χ0v) is 17.2. The van der Waals surface area contributed by atoms with Crippen LogP contribution >= 0.6 is 22.9 Å². The van der Waals surface area contributed by atoms with E-state index in [0.717, 1.165) is 10.2 Å². The lowest BCUT2D eigenvalue weighted by atomic mass is 10.2. The van der Waals surface area contributed by atoms with E-state index in [2.05, 4.69) is 25.8 Å². The minimum absolute atomic E-state index is 0.146. The van der Waals surface area contributed by atoms with Gasteiger partial charge in [0.1, 0.15) is 12.4 Å². The number of halogens is 1. The predicted octanol–water partition coefficient (Wildman–Crippen LogP) is 4.35. The van der Waals surface area contributed by atoms with Crippen LogP contribution in [0.4, 0.5) is 5.13 Å². The van der Waals surface area contributed by atoms with Crippen LogP contribution in [-0.2, 0) is 6.61 Å². The standard InChI is InChI=1S/C19H17ClN6O2S/c1-11(2)26-17(23-24-25-26)10-28-14-6-3-12(4-7-14)18(27)22-19-21-15-8-5-13(20)9-16(15)29-19/h3-9,11H,10H2,1-2H3,(H,21,22,27). The first kappa shape index (κ1) is 19.3. The molecule has 0 aliphatic heterocycles. The number of aromatic nitrogens is 5. The molecule has 2 aromatic carbocycles. The number of carbonyl (C=O) groups is 1. The molecule has 0 saturated heterocycles. The predicted molar refractivity (Wildman–Crippen MR) is 112 cm³/mol. The first-order valence-corrected chi connectivity index (χ1v) is 10.1. The summed E-state index contributed by atoms with van der Waals surface area (Å²) in [4.78, 5) is 16.9. The minimum atomic E-state index is -0.245. The molecule has 2 heterocycles. The van der Waals surface area contributed by atoms with Crippen molar-refractivity contribution in [3.63, 3.8) is 0 Å². The fourth-order valence-electron chi connectivity index (χ4n) is 2.68. The number of amides is 1. The summed E-state index contributed by atoms with van der Waals surface area (Å²) in [5.74, 6) is 1.01. The quantitative estimate of drug-likeness (QED) is 0.490. The van der Waals surface area contributed by atoms with Crippen molar-refractivity contribution in [3.05, 3.63) is 58.9 Å². The van der Waals surface area contributed by atoms with E-state index in [1.807, 2.05) is 26.0 Å². The van der Waals surface area contributed by atoms with Crippen LogP contribution in [0, 0.1) is 0 Å². The van der Waals surface area contributed by atoms with Gasteiger partial charge in [0.15, 0.2) is 11.0 Å². The highest BCUT2D eigenvalue weighted by Crippen LogP contribution is 2.28. The van der Waals surface area contributed by atoms with Gasteiger partial charge in [0.25, 0.3) is 5.91 Å². The summed E-state index contributed by atoms with van der Waals surface area (Å²) >= 11 is 7.37. The fourth-order valence-corrected chi connectivity index (χ4v) is 3.82. The van der Waals surface area contributed by atoms with E-state index in [9.17, 15) is 4.79 Å². The number of ether oxygens (including phenoxy) is 1. The second-order valence-electron chi connectivity index (χ2n) is 6.53. The minimum Gasteiger partial charge on any atom is -0.486 e. The molecule has 0 atom stereocenters. The first-order chi connectivity index (χ1) is 14.0. The van der Waals surface area contributed by atoms with Gasteiger partial charge in [-0.05, 0) is 66.7 Å². The molecular weight excluding hydrogens is 412 g/mol. The topological polar surface area (TPSA) is 94.8 Å². The Morgan fingerprint density at radius 2 is 2.03 bits per heavy atom. The summed E-state index contributed by atoms with van der Waals surface area (Å²) in [6.45, 7) is 4.23. The Bertz CT molecular complexity index is 1160. The van der Waals surface area contributed by atoms with Crippen molar-refractivity contribution in [3.8, 4) is 5.75 Å². The maximum atomic E-state index is 12.5. The van der Waals surface area contributed by atoms with Gasteiger partial charge in [-0.1, -0.05) is 22.9 Å². The third-order valence-electron chi connectivity index (χ3n) is 4.11. The molecule has 2 aromatic heterocycles. The molecule has 0 saturated carbocycles. The molecule has 4 rings (SSSR count). The van der Waals surface area contributed by atoms with Gasteiger partial charge in [-0.15, -0.1) is 5.10 Å². The highest BCUT2D eigenvalue weighted by atomic mass is 35.5. The second-order valence-corrected chi connectivity index (χ2v) is 8.00. The molecule has 0 spiro atoms. The third kappa shape index (κ3) is 4.36. The van der Waals surface area contributed by atoms with Crippen LogP contribution in [0.3, 0.4) is 0 Å². The Morgan fingerprint density at radius 1 is 1.24 bits per heavy atom. The number of fused-ring (bicyclic) bond motifs is 1. The largest absolute Gasteiger partial charge is 0.486 e. The third-order valence-corrected chi connectivity index (χ3v) is 5.27. The zero-order chi connectivity index (χ0) is 20.4. The van der Waals surface area contributed by atoms with Crippen molar-refractivity contribution < 1.29 is 9.53 Å². The van der Waals surface area contributed by atoms with E-state index < -0.39 is 0 Å². The maximum absolute atomic E-state index is 12.5. The summed E-state index contributed by atoms with van der Waals surface area (Å²) in [6.07, 6.45) is 0. The van der Waals surface area contributed by atoms with E-state index in [1.165, 1.54) is 11.3 Å². The lowest BCUT2D eigenvalue weighted by Gasteiger charge is -2.09. The molecule has 1 amide bonds. The van der Waals surface area contributed by atoms with E-state index in [0.29, 0.717) is 27.3 Å². The molecule has 8 nitrogen and oxygen atoms in total. The molecule has 0 aliphatic rings. The average Bonchev–Trinajstić information content (AvgIpc) is 3.32. The summed E-state index contributed by atoms with van der Waals surface area (Å²) in [7, 11) is 0. The molecule has 10 heteroatoms. The van der Waals surface area contributed by atoms with Gasteiger partial charge in [0, 0.05) is 10.6 Å². The van der Waals surface area contributed by atoms with Crippen molar-refractivity contribution in [2.75, 3.05) is 5.32 Å². The van der Waals surface area contributed by atoms with Crippen molar-refractivity contribution >= 4 is 44.2 Å². The maximum Gasteiger partial charge on any atom is 0.257 e. The molecule has 29 heavy (non-hydrogen) atoms. The van der Waals surface area contributed by atoms with Gasteiger partial charge in [-0.25, -0.2) is 9.67 Å². The van der Waals surface area contributed by atoms with Gasteiger partial charge in [-0.2, -0.15) is 0 Å². The normalized spacial score (nSPS) is 11.2. The number of rotatable bonds is 6. The zero-order valence-electron chi connectivity index (χ0n) is 15.7. The smallest absolute Gasteiger partial charge is 0.257 e. The Morgan fingerprint density at radius 3 is 2.79 bits per heavy atom. The molecule has 0 aliphatic carbocycles. The number of carbonyl (C=O) groups excluding carboxylic acids is 1. The molecular formula is C19H17ClN6O2S. The number of benzene rings is 2. The van der Waals surface area contributed by atoms with Gasteiger partial charge in [0.05, 0.1) is 16.3 Å². The fraction of sp³-hybridized carbons (Fsp3) is 0.211. The van der Waals surface area contributed by atoms with Gasteiger partial charge < -0.3 is 4.74 Å². The number of thiazole rings is 1. The summed E-state index contributed by atoms with van der Waals surface area (Å²) < 4.78 is 8.35. The Balaban J connectivity index is 1.40. The molecule has 1 N–H and O–H groups in total. The first-order valence-electron chi connectivity index (χ1n) is 8.86. The van der Waals surface area contributed by atoms with Crippen LogP contribution < -0.4 is 10.1 Å². The summed E-state index contributed by atoms with van der Waals surface area (Å²) in [6, 6.07) is 12.4. The van der Waals surface area contributed by atoms with Gasteiger partial charge in [0.2, 0.25) is 0 Å². The van der Waals surface area contributed by atoms with E-state index in [-0.39, 0.29) is 18.6 Å². The number of nitrogens with zero attached hydrogens (tertiary/aromatic N) is 5. The van der Waals surface area contributed by atoms with E-state index in [4.69, 9.17) is 16.3 Å². The average molecular weight is 429 g/mol. The van der Waals surface area contributed by atoms with Crippen LogP contribution in [0.1, 0.15) is 36.1 Å². The number of anilines is 1. The summed E-state index contributed by atoms with van der Waals surface area (Å²) in [5, 5.41) is 15.5. The lowest BCUT2D eigenvalue weighted by Crippen LogP contribution is -2.12. The lowest BCUT2D eigenvalue weighted by molar-refractivity contribution is 0.102. The van der Waals surface area contributed by atoms with Crippen molar-refractivity contribution in [1.82, 2.24) is 25.2 Å². The van der Waals surface area contributed by atoms with Crippen molar-refractivity contribution in [2.45, 2.75) is 26.5 Å². The van der Waals surface area contributed by atoms with Crippen LogP contribution in [0.15, 0.2) is 42.5 Å². The highest BCUT2D eigenvalue weighted by molar-refractivity contribution is 7.22. The molecule has 0 unspecified atom stereocenters. The monoisotopic (exact) mass is 428 g/mol. The molecule has 0 bridgehead atoms. The van der Waals surface area contributed by atoms with Gasteiger partial charge >= 0.3 is 0 Å². The molecule has 148 valence electrons. The molecule has 0 fully saturated rings. The second kappa shape index (κ2) is 8.14. The van der Waals surface area contributed by atoms with Crippen LogP contribution in [0.5, 0.6) is 5.75 Å². The van der Waals surface area contributed by atoms with Crippen LogP contribution in [0.2, 0.25) is 5.02 Å². The molecule has 0 radical (unpaired) electrons. The van der Waals surface area contributed by atoms with Crippen molar-refractivity contribution in [1.29, 1.82) is 0 Å². The number of hydrogen-bond acceptors (Lipinski definition) is 7. The SMILES string of the molecule is CC(C)n1nnnc1COc1ccc(C(=O)Nc2nc3ccc(Cl)cc3s2)cc1. The highest BCUT2D eigenvalue weighted by Gasteiger charge is 2.12. The van der Waals surface area contributed by atoms with Crippen molar-refractivity contribution in [2.24, 2.45) is 0 Å². The van der Waals surface area contributed by atoms with Crippen LogP contribution in [0.25, 0.3) is 10.2 Å². The Hall–Kier alpha value is -3.04. The Kier molecular flexibility index (Phi) is 5.41. The van der Waals surface area contributed by atoms with Crippen LogP contribution in [-0.4, -0.2) is 31.1 Å². The Labute approximate surface area is 175 Å². The van der Waals surface area contributed by atoms with E-state index in [1.54, 1.807) is 35.0 Å². The summed E-state index contributed by atoms with van der Waals surface area (Å²) in [5.41, 5.74) is 1.30. The van der Waals surface area contributed by atoms with Gasteiger partial charge in [-0.3, -0.25) is 10.1 Å². The number of hydrogen-bond donors (Lipinski definition) is 1. The van der Waals surface area contributed by atoms with E-state index >= 15 is 0 Å². The number of tetrazole rings is 1.